The number of amides is 1. The van der Waals surface area contributed by atoms with Crippen LogP contribution in [0.15, 0.2) is 46.7 Å². The number of hydrogen-bond donors (Lipinski definition) is 3. The molecular formula is C13H13N5O2. The van der Waals surface area contributed by atoms with E-state index in [0.717, 1.165) is 11.9 Å². The molecule has 0 saturated heterocycles. The highest BCUT2D eigenvalue weighted by Gasteiger charge is 2.09. The van der Waals surface area contributed by atoms with Crippen molar-refractivity contribution >= 4 is 17.8 Å². The molecule has 1 aromatic heterocycles. The first kappa shape index (κ1) is 13.5. The molecule has 2 aromatic rings. The molecule has 1 heterocycles. The fraction of sp³-hybridized carbons (Fsp3) is 0.0769. The molecular weight excluding hydrogens is 258 g/mol. The molecule has 20 heavy (non-hydrogen) atoms. The van der Waals surface area contributed by atoms with Gasteiger partial charge in [-0.05, 0) is 13.0 Å². The lowest BCUT2D eigenvalue weighted by Gasteiger charge is -2.01. The molecule has 1 amide bonds. The molecule has 0 saturated carbocycles. The van der Waals surface area contributed by atoms with Crippen molar-refractivity contribution in [1.82, 2.24) is 15.6 Å². The number of aromatic nitrogens is 2. The molecule has 0 aliphatic rings. The van der Waals surface area contributed by atoms with Crippen LogP contribution in [0, 0.1) is 6.92 Å². The van der Waals surface area contributed by atoms with Gasteiger partial charge in [0.25, 0.3) is 5.91 Å². The number of H-pyrrole nitrogens is 1. The molecule has 102 valence electrons. The summed E-state index contributed by atoms with van der Waals surface area (Å²) in [7, 11) is 0. The summed E-state index contributed by atoms with van der Waals surface area (Å²) >= 11 is 0. The Kier molecular flexibility index (Phi) is 4.23. The Bertz CT molecular complexity index is 646. The zero-order valence-corrected chi connectivity index (χ0v) is 10.7. The van der Waals surface area contributed by atoms with Gasteiger partial charge in [0.05, 0.1) is 6.21 Å². The van der Waals surface area contributed by atoms with Crippen LogP contribution in [0.4, 0.5) is 0 Å². The average molecular weight is 271 g/mol. The minimum atomic E-state index is -0.450. The number of aromatic amines is 1. The number of rotatable bonds is 4. The number of nitrogens with zero attached hydrogens (tertiary/aromatic N) is 3. The van der Waals surface area contributed by atoms with Gasteiger partial charge in [0.2, 0.25) is 0 Å². The highest BCUT2D eigenvalue weighted by Crippen LogP contribution is 2.01. The Labute approximate surface area is 115 Å². The Morgan fingerprint density at radius 2 is 2.15 bits per heavy atom. The van der Waals surface area contributed by atoms with Crippen molar-refractivity contribution in [2.45, 2.75) is 6.92 Å². The Hall–Kier alpha value is -2.96. The monoisotopic (exact) mass is 271 g/mol. The second-order valence-corrected chi connectivity index (χ2v) is 3.98. The van der Waals surface area contributed by atoms with Gasteiger partial charge in [-0.25, -0.2) is 5.43 Å². The molecule has 0 unspecified atom stereocenters. The number of carbonyl (C=O) groups excluding carboxylic acids is 1. The molecule has 1 aromatic carbocycles. The summed E-state index contributed by atoms with van der Waals surface area (Å²) < 4.78 is 0. The molecule has 0 aliphatic heterocycles. The van der Waals surface area contributed by atoms with E-state index in [4.69, 9.17) is 5.21 Å². The molecule has 7 heteroatoms. The smallest absolute Gasteiger partial charge is 0.291 e. The van der Waals surface area contributed by atoms with Crippen molar-refractivity contribution in [1.29, 1.82) is 0 Å². The maximum absolute atomic E-state index is 11.8. The van der Waals surface area contributed by atoms with E-state index in [2.05, 4.69) is 25.9 Å². The van der Waals surface area contributed by atoms with Gasteiger partial charge in [-0.1, -0.05) is 35.5 Å². The maximum Gasteiger partial charge on any atom is 0.291 e. The predicted octanol–water partition coefficient (Wildman–Crippen LogP) is 1.31. The summed E-state index contributed by atoms with van der Waals surface area (Å²) in [4.78, 5) is 11.8. The molecule has 0 bridgehead atoms. The molecule has 0 aliphatic carbocycles. The Morgan fingerprint density at radius 3 is 2.75 bits per heavy atom. The molecule has 2 rings (SSSR count). The first-order chi connectivity index (χ1) is 9.70. The largest absolute Gasteiger partial charge is 0.411 e. The topological polar surface area (TPSA) is 103 Å². The zero-order chi connectivity index (χ0) is 14.4. The molecule has 0 spiro atoms. The van der Waals surface area contributed by atoms with Crippen molar-refractivity contribution in [3.63, 3.8) is 0 Å². The SMILES string of the molecule is Cc1cc(C(=O)NN=C(C=NO)c2ccccc2)n[nH]1. The summed E-state index contributed by atoms with van der Waals surface area (Å²) in [6, 6.07) is 10.6. The highest BCUT2D eigenvalue weighted by molar-refractivity contribution is 6.38. The molecule has 0 radical (unpaired) electrons. The number of hydrogen-bond acceptors (Lipinski definition) is 5. The van der Waals surface area contributed by atoms with Crippen molar-refractivity contribution in [3.8, 4) is 0 Å². The summed E-state index contributed by atoms with van der Waals surface area (Å²) in [6.45, 7) is 1.79. The predicted molar refractivity (Wildman–Crippen MR) is 74.0 cm³/mol. The first-order valence-corrected chi connectivity index (χ1v) is 5.83. The lowest BCUT2D eigenvalue weighted by atomic mass is 10.1. The van der Waals surface area contributed by atoms with Gasteiger partial charge in [0, 0.05) is 11.3 Å². The zero-order valence-electron chi connectivity index (χ0n) is 10.7. The third-order valence-electron chi connectivity index (χ3n) is 2.47. The highest BCUT2D eigenvalue weighted by atomic mass is 16.4. The van der Waals surface area contributed by atoms with Crippen molar-refractivity contribution < 1.29 is 10.0 Å². The van der Waals surface area contributed by atoms with Crippen LogP contribution in [0.5, 0.6) is 0 Å². The molecule has 3 N–H and O–H groups in total. The second-order valence-electron chi connectivity index (χ2n) is 3.98. The standard InChI is InChI=1S/C13H13N5O2/c1-9-7-11(16-15-9)13(19)18-17-12(8-14-20)10-5-3-2-4-6-10/h2-8,20H,1H3,(H,15,16)(H,18,19). The summed E-state index contributed by atoms with van der Waals surface area (Å²) in [5.74, 6) is -0.450. The lowest BCUT2D eigenvalue weighted by molar-refractivity contribution is 0.0950. The Morgan fingerprint density at radius 1 is 1.40 bits per heavy atom. The number of nitrogens with one attached hydrogen (secondary N) is 2. The van der Waals surface area contributed by atoms with Gasteiger partial charge in [0.1, 0.15) is 5.71 Å². The second kappa shape index (κ2) is 6.28. The van der Waals surface area contributed by atoms with Gasteiger partial charge >= 0.3 is 0 Å². The minimum Gasteiger partial charge on any atom is -0.411 e. The van der Waals surface area contributed by atoms with E-state index in [1.807, 2.05) is 18.2 Å². The van der Waals surface area contributed by atoms with Crippen LogP contribution in [0.1, 0.15) is 21.7 Å². The van der Waals surface area contributed by atoms with Crippen LogP contribution in [0.25, 0.3) is 0 Å². The average Bonchev–Trinajstić information content (AvgIpc) is 2.91. The van der Waals surface area contributed by atoms with E-state index in [0.29, 0.717) is 11.3 Å². The Balaban J connectivity index is 2.16. The number of carbonyl (C=O) groups is 1. The van der Waals surface area contributed by atoms with Gasteiger partial charge < -0.3 is 5.21 Å². The summed E-state index contributed by atoms with van der Waals surface area (Å²) in [5, 5.41) is 22.0. The fourth-order valence-corrected chi connectivity index (χ4v) is 1.53. The third kappa shape index (κ3) is 3.29. The number of oxime groups is 1. The van der Waals surface area contributed by atoms with E-state index in [9.17, 15) is 4.79 Å². The van der Waals surface area contributed by atoms with Gasteiger partial charge in [-0.15, -0.1) is 0 Å². The van der Waals surface area contributed by atoms with Crippen molar-refractivity contribution in [2.75, 3.05) is 0 Å². The van der Waals surface area contributed by atoms with E-state index in [-0.39, 0.29) is 5.69 Å². The van der Waals surface area contributed by atoms with Crippen LogP contribution in [-0.2, 0) is 0 Å². The summed E-state index contributed by atoms with van der Waals surface area (Å²) in [5.41, 5.74) is 4.41. The van der Waals surface area contributed by atoms with E-state index >= 15 is 0 Å². The molecule has 0 fully saturated rings. The van der Waals surface area contributed by atoms with Gasteiger partial charge in [0.15, 0.2) is 5.69 Å². The number of benzene rings is 1. The number of hydrazone groups is 1. The van der Waals surface area contributed by atoms with E-state index < -0.39 is 5.91 Å². The van der Waals surface area contributed by atoms with Crippen LogP contribution in [0.2, 0.25) is 0 Å². The van der Waals surface area contributed by atoms with E-state index in [1.165, 1.54) is 0 Å². The minimum absolute atomic E-state index is 0.236. The van der Waals surface area contributed by atoms with Gasteiger partial charge in [-0.3, -0.25) is 9.89 Å². The van der Waals surface area contributed by atoms with Crippen LogP contribution < -0.4 is 5.43 Å². The molecule has 0 atom stereocenters. The van der Waals surface area contributed by atoms with Crippen molar-refractivity contribution in [3.05, 3.63) is 53.3 Å². The maximum atomic E-state index is 11.8. The van der Waals surface area contributed by atoms with Gasteiger partial charge in [-0.2, -0.15) is 10.2 Å². The third-order valence-corrected chi connectivity index (χ3v) is 2.47. The van der Waals surface area contributed by atoms with Crippen LogP contribution in [0.3, 0.4) is 0 Å². The normalized spacial score (nSPS) is 11.8. The molecule has 7 nitrogen and oxygen atoms in total. The summed E-state index contributed by atoms with van der Waals surface area (Å²) in [6.07, 6.45) is 1.14. The quantitative estimate of drug-likeness (QED) is 0.444. The first-order valence-electron chi connectivity index (χ1n) is 5.83. The lowest BCUT2D eigenvalue weighted by Crippen LogP contribution is -2.21. The fourth-order valence-electron chi connectivity index (χ4n) is 1.53. The van der Waals surface area contributed by atoms with Crippen LogP contribution >= 0.6 is 0 Å². The van der Waals surface area contributed by atoms with E-state index in [1.54, 1.807) is 25.1 Å². The number of aryl methyl sites for hydroxylation is 1. The van der Waals surface area contributed by atoms with Crippen LogP contribution in [-0.4, -0.2) is 33.2 Å². The van der Waals surface area contributed by atoms with Crippen molar-refractivity contribution in [2.24, 2.45) is 10.3 Å².